The first-order valence-corrected chi connectivity index (χ1v) is 7.36. The quantitative estimate of drug-likeness (QED) is 0.854. The van der Waals surface area contributed by atoms with E-state index in [1.807, 2.05) is 18.2 Å². The largest absolute Gasteiger partial charge is 0.324 e. The van der Waals surface area contributed by atoms with Crippen molar-refractivity contribution in [3.63, 3.8) is 0 Å². The molecule has 2 rings (SSSR count). The van der Waals surface area contributed by atoms with Crippen molar-refractivity contribution in [1.29, 1.82) is 0 Å². The molecule has 0 aliphatic carbocycles. The van der Waals surface area contributed by atoms with E-state index in [-0.39, 0.29) is 11.4 Å². The molecule has 2 N–H and O–H groups in total. The fraction of sp³-hybridized carbons (Fsp3) is 0.562. The number of hydrogen-bond acceptors (Lipinski definition) is 2. The van der Waals surface area contributed by atoms with Crippen molar-refractivity contribution >= 4 is 11.6 Å². The summed E-state index contributed by atoms with van der Waals surface area (Å²) in [6.45, 7) is 5.19. The first kappa shape index (κ1) is 14.1. The minimum absolute atomic E-state index is 0.132. The van der Waals surface area contributed by atoms with Crippen LogP contribution in [0.4, 0.5) is 5.69 Å². The minimum Gasteiger partial charge on any atom is -0.324 e. The SMILES string of the molecule is CCCC1(C(=O)Nc2ccccc2CC)CCCN1. The van der Waals surface area contributed by atoms with Crippen molar-refractivity contribution in [2.75, 3.05) is 11.9 Å². The summed E-state index contributed by atoms with van der Waals surface area (Å²) in [4.78, 5) is 12.6. The predicted molar refractivity (Wildman–Crippen MR) is 79.3 cm³/mol. The lowest BCUT2D eigenvalue weighted by Crippen LogP contribution is -2.50. The van der Waals surface area contributed by atoms with E-state index in [0.717, 1.165) is 44.3 Å². The van der Waals surface area contributed by atoms with Crippen LogP contribution in [0.5, 0.6) is 0 Å². The second-order valence-electron chi connectivity index (χ2n) is 5.33. The third-order valence-electron chi connectivity index (χ3n) is 4.00. The summed E-state index contributed by atoms with van der Waals surface area (Å²) in [6, 6.07) is 8.06. The molecule has 1 heterocycles. The number of carbonyl (C=O) groups is 1. The highest BCUT2D eigenvalue weighted by atomic mass is 16.2. The highest BCUT2D eigenvalue weighted by Gasteiger charge is 2.39. The number of hydrogen-bond donors (Lipinski definition) is 2. The standard InChI is InChI=1S/C16H24N2O/c1-3-10-16(11-7-12-17-16)15(19)18-14-9-6-5-8-13(14)4-2/h5-6,8-9,17H,3-4,7,10-12H2,1-2H3,(H,18,19). The molecule has 1 aromatic carbocycles. The van der Waals surface area contributed by atoms with Crippen molar-refractivity contribution in [2.45, 2.75) is 51.5 Å². The lowest BCUT2D eigenvalue weighted by Gasteiger charge is -2.28. The molecular formula is C16H24N2O. The van der Waals surface area contributed by atoms with Gasteiger partial charge >= 0.3 is 0 Å². The minimum atomic E-state index is -0.352. The van der Waals surface area contributed by atoms with Gasteiger partial charge in [-0.05, 0) is 43.9 Å². The van der Waals surface area contributed by atoms with Gasteiger partial charge in [0.2, 0.25) is 5.91 Å². The molecule has 1 aliphatic rings. The predicted octanol–water partition coefficient (Wildman–Crippen LogP) is 3.11. The van der Waals surface area contributed by atoms with Gasteiger partial charge in [-0.3, -0.25) is 4.79 Å². The average molecular weight is 260 g/mol. The van der Waals surface area contributed by atoms with Gasteiger partial charge in [-0.25, -0.2) is 0 Å². The number of rotatable bonds is 5. The average Bonchev–Trinajstić information content (AvgIpc) is 2.90. The Labute approximate surface area is 115 Å². The van der Waals surface area contributed by atoms with Crippen LogP contribution in [-0.4, -0.2) is 18.0 Å². The van der Waals surface area contributed by atoms with Gasteiger partial charge in [-0.1, -0.05) is 38.5 Å². The Morgan fingerprint density at radius 3 is 2.79 bits per heavy atom. The molecule has 3 nitrogen and oxygen atoms in total. The molecule has 1 fully saturated rings. The Morgan fingerprint density at radius 2 is 2.16 bits per heavy atom. The zero-order chi connectivity index (χ0) is 13.7. The summed E-state index contributed by atoms with van der Waals surface area (Å²) in [6.07, 6.45) is 4.90. The van der Waals surface area contributed by atoms with Gasteiger partial charge in [0, 0.05) is 5.69 Å². The maximum atomic E-state index is 12.6. The van der Waals surface area contributed by atoms with Crippen LogP contribution < -0.4 is 10.6 Å². The molecule has 0 bridgehead atoms. The molecule has 1 aromatic rings. The fourth-order valence-corrected chi connectivity index (χ4v) is 2.95. The van der Waals surface area contributed by atoms with Gasteiger partial charge in [0.25, 0.3) is 0 Å². The van der Waals surface area contributed by atoms with Crippen LogP contribution in [0.3, 0.4) is 0 Å². The maximum absolute atomic E-state index is 12.6. The summed E-state index contributed by atoms with van der Waals surface area (Å²) in [5.74, 6) is 0.132. The third-order valence-corrected chi connectivity index (χ3v) is 4.00. The first-order valence-electron chi connectivity index (χ1n) is 7.36. The summed E-state index contributed by atoms with van der Waals surface area (Å²) < 4.78 is 0. The zero-order valence-electron chi connectivity index (χ0n) is 12.0. The molecule has 0 saturated carbocycles. The van der Waals surface area contributed by atoms with Crippen LogP contribution in [-0.2, 0) is 11.2 Å². The molecule has 0 spiro atoms. The van der Waals surface area contributed by atoms with Crippen molar-refractivity contribution in [1.82, 2.24) is 5.32 Å². The maximum Gasteiger partial charge on any atom is 0.244 e. The normalized spacial score (nSPS) is 22.4. The Kier molecular flexibility index (Phi) is 4.59. The number of amides is 1. The molecular weight excluding hydrogens is 236 g/mol. The van der Waals surface area contributed by atoms with Crippen LogP contribution >= 0.6 is 0 Å². The van der Waals surface area contributed by atoms with E-state index in [9.17, 15) is 4.79 Å². The smallest absolute Gasteiger partial charge is 0.244 e. The van der Waals surface area contributed by atoms with E-state index in [4.69, 9.17) is 0 Å². The van der Waals surface area contributed by atoms with E-state index in [0.29, 0.717) is 0 Å². The van der Waals surface area contributed by atoms with Gasteiger partial charge in [-0.2, -0.15) is 0 Å². The molecule has 1 atom stereocenters. The lowest BCUT2D eigenvalue weighted by molar-refractivity contribution is -0.122. The first-order chi connectivity index (χ1) is 9.22. The van der Waals surface area contributed by atoms with E-state index in [1.165, 1.54) is 5.56 Å². The number of carbonyl (C=O) groups excluding carboxylic acids is 1. The second kappa shape index (κ2) is 6.20. The van der Waals surface area contributed by atoms with Crippen LogP contribution in [0, 0.1) is 0 Å². The highest BCUT2D eigenvalue weighted by Crippen LogP contribution is 2.27. The summed E-state index contributed by atoms with van der Waals surface area (Å²) in [7, 11) is 0. The molecule has 19 heavy (non-hydrogen) atoms. The van der Waals surface area contributed by atoms with Crippen LogP contribution in [0.25, 0.3) is 0 Å². The molecule has 1 amide bonds. The molecule has 104 valence electrons. The zero-order valence-corrected chi connectivity index (χ0v) is 12.0. The Balaban J connectivity index is 2.15. The van der Waals surface area contributed by atoms with E-state index < -0.39 is 0 Å². The summed E-state index contributed by atoms with van der Waals surface area (Å²) in [5.41, 5.74) is 1.80. The number of anilines is 1. The van der Waals surface area contributed by atoms with E-state index in [2.05, 4.69) is 30.5 Å². The molecule has 1 aliphatic heterocycles. The molecule has 0 aromatic heterocycles. The molecule has 1 saturated heterocycles. The summed E-state index contributed by atoms with van der Waals surface area (Å²) in [5, 5.41) is 6.54. The second-order valence-corrected chi connectivity index (χ2v) is 5.33. The van der Waals surface area contributed by atoms with E-state index in [1.54, 1.807) is 0 Å². The Morgan fingerprint density at radius 1 is 1.37 bits per heavy atom. The van der Waals surface area contributed by atoms with E-state index >= 15 is 0 Å². The van der Waals surface area contributed by atoms with Gasteiger partial charge in [0.15, 0.2) is 0 Å². The molecule has 3 heteroatoms. The topological polar surface area (TPSA) is 41.1 Å². The Bertz CT molecular complexity index is 436. The van der Waals surface area contributed by atoms with Crippen molar-refractivity contribution in [2.24, 2.45) is 0 Å². The number of nitrogens with one attached hydrogen (secondary N) is 2. The number of aryl methyl sites for hydroxylation is 1. The van der Waals surface area contributed by atoms with Crippen molar-refractivity contribution in [3.05, 3.63) is 29.8 Å². The molecule has 0 radical (unpaired) electrons. The third kappa shape index (κ3) is 2.98. The number of para-hydroxylation sites is 1. The van der Waals surface area contributed by atoms with Gasteiger partial charge < -0.3 is 10.6 Å². The lowest BCUT2D eigenvalue weighted by atomic mass is 9.90. The van der Waals surface area contributed by atoms with Crippen LogP contribution in [0.15, 0.2) is 24.3 Å². The van der Waals surface area contributed by atoms with Gasteiger partial charge in [0.1, 0.15) is 0 Å². The number of benzene rings is 1. The van der Waals surface area contributed by atoms with Crippen molar-refractivity contribution in [3.8, 4) is 0 Å². The van der Waals surface area contributed by atoms with Crippen molar-refractivity contribution < 1.29 is 4.79 Å². The van der Waals surface area contributed by atoms with Gasteiger partial charge in [0.05, 0.1) is 5.54 Å². The monoisotopic (exact) mass is 260 g/mol. The highest BCUT2D eigenvalue weighted by molar-refractivity contribution is 5.98. The van der Waals surface area contributed by atoms with Crippen LogP contribution in [0.2, 0.25) is 0 Å². The summed E-state index contributed by atoms with van der Waals surface area (Å²) >= 11 is 0. The van der Waals surface area contributed by atoms with Crippen LogP contribution in [0.1, 0.15) is 45.1 Å². The van der Waals surface area contributed by atoms with Gasteiger partial charge in [-0.15, -0.1) is 0 Å². The molecule has 1 unspecified atom stereocenters. The Hall–Kier alpha value is -1.35. The fourth-order valence-electron chi connectivity index (χ4n) is 2.95.